The van der Waals surface area contributed by atoms with Gasteiger partial charge in [0.15, 0.2) is 0 Å². The summed E-state index contributed by atoms with van der Waals surface area (Å²) in [4.78, 5) is 27.5. The van der Waals surface area contributed by atoms with Gasteiger partial charge in [-0.25, -0.2) is 9.78 Å². The molecule has 0 saturated carbocycles. The number of aliphatic carboxylic acids is 1. The summed E-state index contributed by atoms with van der Waals surface area (Å²) < 4.78 is 7.34. The number of nitrogens with two attached hydrogens (primary N) is 3. The number of hydrogen-bond acceptors (Lipinski definition) is 7. The molecule has 0 fully saturated rings. The predicted octanol–water partition coefficient (Wildman–Crippen LogP) is 2.28. The largest absolute Gasteiger partial charge is 0.494 e. The van der Waals surface area contributed by atoms with Gasteiger partial charge in [0.1, 0.15) is 23.1 Å². The molecule has 1 amide bonds. The molecule has 1 heterocycles. The van der Waals surface area contributed by atoms with Gasteiger partial charge in [-0.1, -0.05) is 6.07 Å². The van der Waals surface area contributed by atoms with Crippen molar-refractivity contribution in [2.24, 2.45) is 24.2 Å². The number of amides is 1. The number of aryl methyl sites for hydroxylation is 1. The maximum atomic E-state index is 11.4. The van der Waals surface area contributed by atoms with E-state index in [1.54, 1.807) is 7.11 Å². The molecule has 1 aromatic heterocycles. The molecule has 8 N–H and O–H groups in total. The Bertz CT molecular complexity index is 940. The average Bonchev–Trinajstić information content (AvgIpc) is 3.10. The third-order valence-corrected chi connectivity index (χ3v) is 5.43. The van der Waals surface area contributed by atoms with Gasteiger partial charge in [-0.05, 0) is 65.1 Å². The van der Waals surface area contributed by atoms with Crippen molar-refractivity contribution >= 4 is 23.1 Å². The molecular formula is C23H40N6O5. The van der Waals surface area contributed by atoms with Crippen LogP contribution in [-0.2, 0) is 11.8 Å². The number of rotatable bonds is 10. The van der Waals surface area contributed by atoms with E-state index in [0.29, 0.717) is 38.8 Å². The summed E-state index contributed by atoms with van der Waals surface area (Å²) in [6.45, 7) is 6.61. The van der Waals surface area contributed by atoms with Gasteiger partial charge in [0, 0.05) is 19.1 Å². The zero-order valence-corrected chi connectivity index (χ0v) is 20.8. The van der Waals surface area contributed by atoms with Gasteiger partial charge < -0.3 is 41.6 Å². The molecule has 2 unspecified atom stereocenters. The van der Waals surface area contributed by atoms with Crippen molar-refractivity contribution in [2.75, 3.05) is 20.2 Å². The summed E-state index contributed by atoms with van der Waals surface area (Å²) in [6.07, 6.45) is 1.55. The van der Waals surface area contributed by atoms with Crippen molar-refractivity contribution in [3.05, 3.63) is 24.0 Å². The highest BCUT2D eigenvalue weighted by Gasteiger charge is 2.26. The first-order valence-electron chi connectivity index (χ1n) is 11.3. The number of imidazole rings is 1. The third-order valence-electron chi connectivity index (χ3n) is 5.43. The van der Waals surface area contributed by atoms with E-state index in [1.165, 1.54) is 4.90 Å². The molecule has 0 bridgehead atoms. The van der Waals surface area contributed by atoms with E-state index >= 15 is 0 Å². The number of hydrogen-bond donors (Lipinski definition) is 5. The molecule has 0 spiro atoms. The number of methoxy groups -OCH3 is 1. The Hall–Kier alpha value is -2.89. The summed E-state index contributed by atoms with van der Waals surface area (Å²) in [7, 11) is 3.55. The van der Waals surface area contributed by atoms with Crippen molar-refractivity contribution in [3.8, 4) is 5.75 Å². The number of carbonyl (C=O) groups is 2. The summed E-state index contributed by atoms with van der Waals surface area (Å²) >= 11 is 0. The summed E-state index contributed by atoms with van der Waals surface area (Å²) in [6, 6.07) is 4.77. The molecule has 11 nitrogen and oxygen atoms in total. The highest BCUT2D eigenvalue weighted by atomic mass is 16.5. The zero-order chi connectivity index (χ0) is 26.1. The number of ether oxygens (including phenoxy) is 1. The van der Waals surface area contributed by atoms with E-state index in [0.717, 1.165) is 22.6 Å². The fourth-order valence-electron chi connectivity index (χ4n) is 3.48. The Morgan fingerprint density at radius 1 is 1.18 bits per heavy atom. The van der Waals surface area contributed by atoms with Crippen LogP contribution in [0.25, 0.3) is 11.0 Å². The first-order valence-corrected chi connectivity index (χ1v) is 11.3. The fraction of sp³-hybridized carbons (Fsp3) is 0.609. The lowest BCUT2D eigenvalue weighted by Crippen LogP contribution is -2.45. The molecule has 0 aliphatic heterocycles. The number of para-hydroxylation sites is 1. The number of benzene rings is 1. The number of carboxylic acid groups (broad SMARTS) is 2. The van der Waals surface area contributed by atoms with E-state index in [1.807, 2.05) is 50.6 Å². The van der Waals surface area contributed by atoms with Gasteiger partial charge >= 0.3 is 12.1 Å². The van der Waals surface area contributed by atoms with Crippen molar-refractivity contribution in [1.82, 2.24) is 14.5 Å². The fourth-order valence-corrected chi connectivity index (χ4v) is 3.48. The molecule has 0 saturated heterocycles. The molecular weight excluding hydrogens is 440 g/mol. The molecule has 1 aromatic carbocycles. The second-order valence-electron chi connectivity index (χ2n) is 9.09. The maximum absolute atomic E-state index is 11.4. The smallest absolute Gasteiger partial charge is 0.407 e. The number of nitrogens with zero attached hydrogens (tertiary/aromatic N) is 3. The lowest BCUT2D eigenvalue weighted by Gasteiger charge is -2.33. The molecule has 34 heavy (non-hydrogen) atoms. The van der Waals surface area contributed by atoms with E-state index in [2.05, 4.69) is 4.98 Å². The van der Waals surface area contributed by atoms with Crippen LogP contribution < -0.4 is 21.9 Å². The Morgan fingerprint density at radius 2 is 1.82 bits per heavy atom. The quantitative estimate of drug-likeness (QED) is 0.340. The van der Waals surface area contributed by atoms with Crippen LogP contribution in [0, 0.1) is 0 Å². The van der Waals surface area contributed by atoms with Crippen molar-refractivity contribution in [1.29, 1.82) is 0 Å². The molecule has 0 aliphatic rings. The first-order chi connectivity index (χ1) is 15.8. The monoisotopic (exact) mass is 480 g/mol. The van der Waals surface area contributed by atoms with Gasteiger partial charge in [0.05, 0.1) is 18.7 Å². The van der Waals surface area contributed by atoms with Gasteiger partial charge in [-0.3, -0.25) is 4.79 Å². The van der Waals surface area contributed by atoms with Crippen molar-refractivity contribution in [3.63, 3.8) is 0 Å². The third kappa shape index (κ3) is 8.15. The van der Waals surface area contributed by atoms with Crippen LogP contribution in [0.5, 0.6) is 5.75 Å². The van der Waals surface area contributed by atoms with Crippen LogP contribution in [0.15, 0.2) is 18.2 Å². The Kier molecular flexibility index (Phi) is 11.2. The Labute approximate surface area is 200 Å². The first kappa shape index (κ1) is 29.1. The molecule has 192 valence electrons. The average molecular weight is 481 g/mol. The van der Waals surface area contributed by atoms with Crippen molar-refractivity contribution in [2.45, 2.75) is 64.1 Å². The zero-order valence-electron chi connectivity index (χ0n) is 20.8. The molecule has 2 rings (SSSR count). The second-order valence-corrected chi connectivity index (χ2v) is 9.09. The van der Waals surface area contributed by atoms with E-state index < -0.39 is 23.6 Å². The maximum Gasteiger partial charge on any atom is 0.407 e. The van der Waals surface area contributed by atoms with Crippen LogP contribution in [0.4, 0.5) is 4.79 Å². The molecule has 0 radical (unpaired) electrons. The summed E-state index contributed by atoms with van der Waals surface area (Å²) in [5.41, 5.74) is 17.9. The number of fused-ring (bicyclic) bond motifs is 1. The highest BCUT2D eigenvalue weighted by Crippen LogP contribution is 2.28. The predicted molar refractivity (Wildman–Crippen MR) is 132 cm³/mol. The van der Waals surface area contributed by atoms with Crippen LogP contribution in [0.1, 0.15) is 58.3 Å². The summed E-state index contributed by atoms with van der Waals surface area (Å²) in [5, 5.41) is 17.6. The van der Waals surface area contributed by atoms with E-state index in [-0.39, 0.29) is 6.04 Å². The Balaban J connectivity index is 0.000000546. The lowest BCUT2D eigenvalue weighted by atomic mass is 10.1. The number of carboxylic acids is 1. The van der Waals surface area contributed by atoms with E-state index in [9.17, 15) is 14.7 Å². The minimum atomic E-state index is -0.955. The minimum absolute atomic E-state index is 0.266. The second kappa shape index (κ2) is 13.1. The van der Waals surface area contributed by atoms with Crippen LogP contribution >= 0.6 is 0 Å². The van der Waals surface area contributed by atoms with Crippen molar-refractivity contribution < 1.29 is 24.5 Å². The van der Waals surface area contributed by atoms with Gasteiger partial charge in [0.25, 0.3) is 0 Å². The van der Waals surface area contributed by atoms with Crippen LogP contribution in [0.3, 0.4) is 0 Å². The molecule has 0 aliphatic carbocycles. The lowest BCUT2D eigenvalue weighted by molar-refractivity contribution is -0.138. The van der Waals surface area contributed by atoms with Gasteiger partial charge in [-0.15, -0.1) is 0 Å². The normalized spacial score (nSPS) is 13.1. The molecule has 2 aromatic rings. The topological polar surface area (TPSA) is 183 Å². The van der Waals surface area contributed by atoms with E-state index in [4.69, 9.17) is 27.0 Å². The molecule has 11 heteroatoms. The van der Waals surface area contributed by atoms with Crippen LogP contribution in [0.2, 0.25) is 0 Å². The van der Waals surface area contributed by atoms with Gasteiger partial charge in [-0.2, -0.15) is 0 Å². The highest BCUT2D eigenvalue weighted by molar-refractivity contribution is 5.82. The number of aromatic nitrogens is 2. The Morgan fingerprint density at radius 3 is 2.32 bits per heavy atom. The standard InChI is InChI=1S/C18H28N4O3.C5H12N2O2/c1-18(2,3)22(17(23)24)11-7-8-12(19)16-20-15-13(21(16)4)9-6-10-14(15)25-5;6-3-1-2-4(7)5(8)9/h6,9-10,12H,7-8,11,19H2,1-5H3,(H,23,24);4H,1-3,6-7H2,(H,8,9). The SMILES string of the molecule is COc1cccc2c1nc(C(N)CCCN(C(=O)O)C(C)(C)C)n2C.NCCCC(N)C(=O)O. The van der Waals surface area contributed by atoms with Gasteiger partial charge in [0.2, 0.25) is 0 Å². The summed E-state index contributed by atoms with van der Waals surface area (Å²) in [5.74, 6) is 0.539. The van der Waals surface area contributed by atoms with Crippen LogP contribution in [-0.4, -0.2) is 68.5 Å². The molecule has 2 atom stereocenters. The minimum Gasteiger partial charge on any atom is -0.494 e.